The Morgan fingerprint density at radius 1 is 0.250 bits per heavy atom. The van der Waals surface area contributed by atoms with Gasteiger partial charge in [-0.05, 0) is 126 Å². The molecule has 0 saturated carbocycles. The van der Waals surface area contributed by atoms with Crippen LogP contribution in [0, 0.1) is 0 Å². The lowest BCUT2D eigenvalue weighted by atomic mass is 9.84. The van der Waals surface area contributed by atoms with Gasteiger partial charge in [0.05, 0.1) is 0 Å². The summed E-state index contributed by atoms with van der Waals surface area (Å²) in [6, 6.07) is 90.8. The summed E-state index contributed by atoms with van der Waals surface area (Å²) in [7, 11) is 0. The molecule has 0 atom stereocenters. The van der Waals surface area contributed by atoms with Gasteiger partial charge in [-0.25, -0.2) is 0 Å². The molecule has 64 heavy (non-hydrogen) atoms. The fraction of sp³-hybridized carbons (Fsp3) is 0. The number of thiophene rings is 1. The Kier molecular flexibility index (Phi) is 9.43. The lowest BCUT2D eigenvalue weighted by Crippen LogP contribution is -2.10. The molecule has 0 bridgehead atoms. The molecule has 0 N–H and O–H groups in total. The first kappa shape index (κ1) is 37.7. The van der Waals surface area contributed by atoms with Crippen LogP contribution in [-0.2, 0) is 0 Å². The second-order valence-corrected chi connectivity index (χ2v) is 17.5. The first-order chi connectivity index (χ1) is 31.7. The van der Waals surface area contributed by atoms with Crippen LogP contribution < -0.4 is 4.90 Å². The predicted molar refractivity (Wildman–Crippen MR) is 276 cm³/mol. The summed E-state index contributed by atoms with van der Waals surface area (Å²) >= 11 is 1.88. The molecule has 300 valence electrons. The van der Waals surface area contributed by atoms with E-state index in [1.165, 1.54) is 97.4 Å². The maximum atomic E-state index is 2.41. The van der Waals surface area contributed by atoms with Gasteiger partial charge in [-0.3, -0.25) is 0 Å². The third kappa shape index (κ3) is 6.64. The number of nitrogens with zero attached hydrogens (tertiary/aromatic N) is 1. The van der Waals surface area contributed by atoms with Crippen LogP contribution in [-0.4, -0.2) is 0 Å². The van der Waals surface area contributed by atoms with Gasteiger partial charge in [0.15, 0.2) is 0 Å². The standard InChI is InChI=1S/C62H41NS/c1-4-16-42(17-5-1)47-22-14-23-51(40-47)63(50-37-32-44(33-38-50)52-27-15-28-57-55-25-12-13-29-59(55)64-62(52)57)49-35-30-43(31-36-49)48-34-39-54-53-24-10-11-26-56(53)60(45-18-6-2-7-19-45)61(58(54)41-48)46-20-8-3-9-21-46/h1-41H. The minimum absolute atomic E-state index is 1.09. The zero-order valence-corrected chi connectivity index (χ0v) is 35.8. The minimum atomic E-state index is 1.09. The molecule has 1 nitrogen and oxygen atoms in total. The molecule has 0 radical (unpaired) electrons. The second kappa shape index (κ2) is 16.0. The summed E-state index contributed by atoms with van der Waals surface area (Å²) in [6.07, 6.45) is 0. The van der Waals surface area contributed by atoms with Crippen molar-refractivity contribution in [3.8, 4) is 55.6 Å². The molecule has 2 heteroatoms. The van der Waals surface area contributed by atoms with Gasteiger partial charge in [-0.15, -0.1) is 11.3 Å². The largest absolute Gasteiger partial charge is 0.310 e. The highest BCUT2D eigenvalue weighted by atomic mass is 32.1. The van der Waals surface area contributed by atoms with E-state index in [4.69, 9.17) is 0 Å². The zero-order chi connectivity index (χ0) is 42.4. The fourth-order valence-electron chi connectivity index (χ4n) is 9.65. The minimum Gasteiger partial charge on any atom is -0.310 e. The summed E-state index contributed by atoms with van der Waals surface area (Å²) < 4.78 is 2.65. The summed E-state index contributed by atoms with van der Waals surface area (Å²) in [5.41, 5.74) is 15.5. The molecule has 0 aliphatic rings. The van der Waals surface area contributed by atoms with E-state index in [1.807, 2.05) is 11.3 Å². The summed E-state index contributed by atoms with van der Waals surface area (Å²) in [5, 5.41) is 7.66. The quantitative estimate of drug-likeness (QED) is 0.138. The molecule has 1 aromatic heterocycles. The van der Waals surface area contributed by atoms with Crippen LogP contribution in [0.5, 0.6) is 0 Å². The summed E-state index contributed by atoms with van der Waals surface area (Å²) in [6.45, 7) is 0. The zero-order valence-electron chi connectivity index (χ0n) is 35.0. The summed E-state index contributed by atoms with van der Waals surface area (Å²) in [5.74, 6) is 0. The van der Waals surface area contributed by atoms with Crippen molar-refractivity contribution in [3.63, 3.8) is 0 Å². The molecule has 12 aromatic rings. The number of rotatable bonds is 8. The molecule has 0 spiro atoms. The van der Waals surface area contributed by atoms with Crippen molar-refractivity contribution in [2.75, 3.05) is 4.90 Å². The Morgan fingerprint density at radius 3 is 1.41 bits per heavy atom. The average molecular weight is 832 g/mol. The monoisotopic (exact) mass is 831 g/mol. The Labute approximate surface area is 377 Å². The first-order valence-electron chi connectivity index (χ1n) is 21.9. The van der Waals surface area contributed by atoms with Gasteiger partial charge < -0.3 is 4.90 Å². The highest BCUT2D eigenvalue weighted by molar-refractivity contribution is 7.26. The van der Waals surface area contributed by atoms with E-state index in [2.05, 4.69) is 254 Å². The molecule has 0 aliphatic heterocycles. The number of benzene rings is 11. The molecule has 0 amide bonds. The van der Waals surface area contributed by atoms with Gasteiger partial charge in [-0.2, -0.15) is 0 Å². The third-order valence-electron chi connectivity index (χ3n) is 12.7. The van der Waals surface area contributed by atoms with Gasteiger partial charge in [0.1, 0.15) is 0 Å². The molecule has 12 rings (SSSR count). The van der Waals surface area contributed by atoms with Crippen molar-refractivity contribution in [1.82, 2.24) is 0 Å². The van der Waals surface area contributed by atoms with E-state index < -0.39 is 0 Å². The van der Waals surface area contributed by atoms with Gasteiger partial charge in [0.2, 0.25) is 0 Å². The first-order valence-corrected chi connectivity index (χ1v) is 22.7. The molecule has 0 unspecified atom stereocenters. The van der Waals surface area contributed by atoms with E-state index >= 15 is 0 Å². The topological polar surface area (TPSA) is 3.24 Å². The SMILES string of the molecule is c1ccc(-c2cccc(N(c3ccc(-c4ccc5c(c4)c(-c4ccccc4)c(-c4ccccc4)c4ccccc45)cc3)c3ccc(-c4cccc5c4sc4ccccc45)cc3)c2)cc1. The van der Waals surface area contributed by atoms with Crippen molar-refractivity contribution in [3.05, 3.63) is 249 Å². The molecule has 1 heterocycles. The molecular weight excluding hydrogens is 791 g/mol. The normalized spacial score (nSPS) is 11.4. The third-order valence-corrected chi connectivity index (χ3v) is 13.9. The van der Waals surface area contributed by atoms with E-state index in [-0.39, 0.29) is 0 Å². The van der Waals surface area contributed by atoms with Crippen molar-refractivity contribution >= 4 is 70.1 Å². The smallest absolute Gasteiger partial charge is 0.0467 e. The van der Waals surface area contributed by atoms with E-state index in [0.717, 1.165) is 17.1 Å². The second-order valence-electron chi connectivity index (χ2n) is 16.4. The lowest BCUT2D eigenvalue weighted by molar-refractivity contribution is 1.28. The Hall–Kier alpha value is -8.04. The van der Waals surface area contributed by atoms with Crippen LogP contribution >= 0.6 is 11.3 Å². The molecule has 0 fully saturated rings. The van der Waals surface area contributed by atoms with Crippen LogP contribution in [0.25, 0.3) is 97.4 Å². The Balaban J connectivity index is 0.980. The molecule has 0 saturated heterocycles. The predicted octanol–water partition coefficient (Wildman–Crippen LogP) is 18.2. The van der Waals surface area contributed by atoms with Gasteiger partial charge >= 0.3 is 0 Å². The number of hydrogen-bond donors (Lipinski definition) is 0. The molecular formula is C62H41NS. The number of fused-ring (bicyclic) bond motifs is 6. The van der Waals surface area contributed by atoms with Crippen molar-refractivity contribution < 1.29 is 0 Å². The fourth-order valence-corrected chi connectivity index (χ4v) is 10.9. The Morgan fingerprint density at radius 2 is 0.719 bits per heavy atom. The van der Waals surface area contributed by atoms with Crippen LogP contribution in [0.15, 0.2) is 249 Å². The summed E-state index contributed by atoms with van der Waals surface area (Å²) in [4.78, 5) is 2.38. The van der Waals surface area contributed by atoms with Crippen molar-refractivity contribution in [2.24, 2.45) is 0 Å². The highest BCUT2D eigenvalue weighted by Gasteiger charge is 2.20. The maximum Gasteiger partial charge on any atom is 0.0467 e. The van der Waals surface area contributed by atoms with E-state index in [1.54, 1.807) is 0 Å². The van der Waals surface area contributed by atoms with Gasteiger partial charge in [-0.1, -0.05) is 200 Å². The average Bonchev–Trinajstić information content (AvgIpc) is 3.76. The van der Waals surface area contributed by atoms with E-state index in [0.29, 0.717) is 0 Å². The highest BCUT2D eigenvalue weighted by Crippen LogP contribution is 2.46. The number of hydrogen-bond acceptors (Lipinski definition) is 2. The van der Waals surface area contributed by atoms with Crippen LogP contribution in [0.2, 0.25) is 0 Å². The number of anilines is 3. The van der Waals surface area contributed by atoms with E-state index in [9.17, 15) is 0 Å². The van der Waals surface area contributed by atoms with Crippen molar-refractivity contribution in [1.29, 1.82) is 0 Å². The van der Waals surface area contributed by atoms with Crippen LogP contribution in [0.1, 0.15) is 0 Å². The maximum absolute atomic E-state index is 2.41. The molecule has 0 aliphatic carbocycles. The molecule has 11 aromatic carbocycles. The van der Waals surface area contributed by atoms with Gasteiger partial charge in [0, 0.05) is 37.2 Å². The van der Waals surface area contributed by atoms with Crippen LogP contribution in [0.4, 0.5) is 17.1 Å². The lowest BCUT2D eigenvalue weighted by Gasteiger charge is -2.26. The van der Waals surface area contributed by atoms with Crippen molar-refractivity contribution in [2.45, 2.75) is 0 Å². The van der Waals surface area contributed by atoms with Gasteiger partial charge in [0.25, 0.3) is 0 Å². The Bertz CT molecular complexity index is 3630. The van der Waals surface area contributed by atoms with Crippen LogP contribution in [0.3, 0.4) is 0 Å².